The van der Waals surface area contributed by atoms with Crippen molar-refractivity contribution in [2.75, 3.05) is 0 Å². The Kier molecular flexibility index (Phi) is 3.54. The Bertz CT molecular complexity index is 851. The molecule has 21 heavy (non-hydrogen) atoms. The first-order chi connectivity index (χ1) is 9.86. The minimum absolute atomic E-state index is 0.156. The molecule has 0 atom stereocenters. The van der Waals surface area contributed by atoms with E-state index < -0.39 is 0 Å². The maximum Gasteiger partial charge on any atom is 0.182 e. The number of benzene rings is 2. The molecule has 1 aromatic heterocycles. The summed E-state index contributed by atoms with van der Waals surface area (Å²) in [7, 11) is 0. The van der Waals surface area contributed by atoms with Gasteiger partial charge < -0.3 is 4.98 Å². The lowest BCUT2D eigenvalue weighted by Crippen LogP contribution is -2.10. The van der Waals surface area contributed by atoms with Crippen LogP contribution < -0.4 is 0 Å². The predicted octanol–water partition coefficient (Wildman–Crippen LogP) is 5.75. The summed E-state index contributed by atoms with van der Waals surface area (Å²) in [5.74, 6) is 0. The average molecular weight is 361 g/mol. The van der Waals surface area contributed by atoms with Crippen LogP contribution in [0.25, 0.3) is 16.7 Å². The highest BCUT2D eigenvalue weighted by molar-refractivity contribution is 9.10. The first kappa shape index (κ1) is 14.5. The normalized spacial score (nSPS) is 12.0. The molecule has 1 N–H and O–H groups in total. The van der Waals surface area contributed by atoms with Crippen molar-refractivity contribution in [1.82, 2.24) is 9.55 Å². The number of aromatic nitrogens is 2. The van der Waals surface area contributed by atoms with Gasteiger partial charge in [-0.1, -0.05) is 48.8 Å². The quantitative estimate of drug-likeness (QED) is 0.548. The number of nitrogens with zero attached hydrogens (tertiary/aromatic N) is 1. The summed E-state index contributed by atoms with van der Waals surface area (Å²) in [5, 5.41) is 0. The zero-order valence-corrected chi connectivity index (χ0v) is 14.7. The lowest BCUT2D eigenvalue weighted by atomic mass is 9.87. The molecule has 2 aromatic carbocycles. The van der Waals surface area contributed by atoms with Crippen LogP contribution in [-0.4, -0.2) is 9.55 Å². The third-order valence-electron chi connectivity index (χ3n) is 3.64. The topological polar surface area (TPSA) is 20.7 Å². The summed E-state index contributed by atoms with van der Waals surface area (Å²) in [4.78, 5) is 3.25. The Morgan fingerprint density at radius 3 is 2.33 bits per heavy atom. The number of rotatable bonds is 1. The van der Waals surface area contributed by atoms with E-state index in [0.717, 1.165) is 21.2 Å². The van der Waals surface area contributed by atoms with E-state index >= 15 is 0 Å². The molecule has 0 saturated heterocycles. The lowest BCUT2D eigenvalue weighted by Gasteiger charge is -2.19. The molecule has 0 aliphatic carbocycles. The Hall–Kier alpha value is -1.39. The molecule has 3 aromatic rings. The smallest absolute Gasteiger partial charge is 0.182 e. The molecule has 0 unspecified atom stereocenters. The molecule has 0 fully saturated rings. The third-order valence-corrected chi connectivity index (χ3v) is 4.41. The van der Waals surface area contributed by atoms with Crippen LogP contribution in [0.4, 0.5) is 0 Å². The second kappa shape index (κ2) is 5.11. The van der Waals surface area contributed by atoms with Crippen molar-refractivity contribution in [2.45, 2.75) is 26.2 Å². The van der Waals surface area contributed by atoms with Crippen LogP contribution in [0.3, 0.4) is 0 Å². The van der Waals surface area contributed by atoms with E-state index in [1.165, 1.54) is 5.56 Å². The van der Waals surface area contributed by atoms with Gasteiger partial charge in [0.2, 0.25) is 0 Å². The summed E-state index contributed by atoms with van der Waals surface area (Å²) in [6.07, 6.45) is 0. The molecule has 0 aliphatic heterocycles. The third kappa shape index (κ3) is 2.70. The van der Waals surface area contributed by atoms with E-state index in [-0.39, 0.29) is 5.41 Å². The Balaban J connectivity index is 2.19. The second-order valence-electron chi connectivity index (χ2n) is 6.22. The molecule has 4 heteroatoms. The van der Waals surface area contributed by atoms with E-state index in [1.54, 1.807) is 0 Å². The monoisotopic (exact) mass is 360 g/mol. The van der Waals surface area contributed by atoms with Crippen LogP contribution in [0.2, 0.25) is 0 Å². The largest absolute Gasteiger partial charge is 0.330 e. The maximum absolute atomic E-state index is 5.48. The van der Waals surface area contributed by atoms with Crippen molar-refractivity contribution in [3.8, 4) is 5.69 Å². The summed E-state index contributed by atoms with van der Waals surface area (Å²) in [6.45, 7) is 6.66. The van der Waals surface area contributed by atoms with E-state index in [4.69, 9.17) is 12.2 Å². The Labute approximate surface area is 137 Å². The van der Waals surface area contributed by atoms with Crippen LogP contribution in [0.5, 0.6) is 0 Å². The van der Waals surface area contributed by atoms with Crippen LogP contribution in [0.1, 0.15) is 26.3 Å². The first-order valence-corrected chi connectivity index (χ1v) is 8.07. The maximum atomic E-state index is 5.48. The molecular formula is C17H17BrN2S. The molecular weight excluding hydrogens is 344 g/mol. The van der Waals surface area contributed by atoms with Crippen molar-refractivity contribution in [2.24, 2.45) is 0 Å². The summed E-state index contributed by atoms with van der Waals surface area (Å²) >= 11 is 9.00. The number of H-pyrrole nitrogens is 1. The highest BCUT2D eigenvalue weighted by Gasteiger charge is 2.14. The molecule has 0 spiro atoms. The average Bonchev–Trinajstić information content (AvgIpc) is 2.73. The van der Waals surface area contributed by atoms with Gasteiger partial charge in [0, 0.05) is 10.2 Å². The molecule has 0 radical (unpaired) electrons. The van der Waals surface area contributed by atoms with Gasteiger partial charge in [-0.3, -0.25) is 4.57 Å². The number of hydrogen-bond acceptors (Lipinski definition) is 1. The second-order valence-corrected chi connectivity index (χ2v) is 7.53. The summed E-state index contributed by atoms with van der Waals surface area (Å²) in [5.41, 5.74) is 4.68. The SMILES string of the molecule is CC(C)(C)c1ccc(-n2c(=S)[nH]c3ccc(Br)cc32)cc1. The van der Waals surface area contributed by atoms with E-state index in [2.05, 4.69) is 76.6 Å². The number of hydrogen-bond donors (Lipinski definition) is 1. The van der Waals surface area contributed by atoms with E-state index in [9.17, 15) is 0 Å². The van der Waals surface area contributed by atoms with Gasteiger partial charge >= 0.3 is 0 Å². The van der Waals surface area contributed by atoms with E-state index in [1.807, 2.05) is 12.1 Å². The molecule has 0 saturated carbocycles. The molecule has 2 nitrogen and oxygen atoms in total. The van der Waals surface area contributed by atoms with Gasteiger partial charge in [0.05, 0.1) is 11.0 Å². The van der Waals surface area contributed by atoms with Gasteiger partial charge in [0.1, 0.15) is 0 Å². The van der Waals surface area contributed by atoms with Gasteiger partial charge in [0.25, 0.3) is 0 Å². The van der Waals surface area contributed by atoms with Crippen LogP contribution in [0, 0.1) is 4.77 Å². The lowest BCUT2D eigenvalue weighted by molar-refractivity contribution is 0.590. The molecule has 0 aliphatic rings. The predicted molar refractivity (Wildman–Crippen MR) is 94.9 cm³/mol. The fourth-order valence-corrected chi connectivity index (χ4v) is 3.11. The van der Waals surface area contributed by atoms with Crippen molar-refractivity contribution in [1.29, 1.82) is 0 Å². The van der Waals surface area contributed by atoms with Gasteiger partial charge in [-0.2, -0.15) is 0 Å². The number of aromatic amines is 1. The molecule has 3 rings (SSSR count). The van der Waals surface area contributed by atoms with Crippen molar-refractivity contribution < 1.29 is 0 Å². The fraction of sp³-hybridized carbons (Fsp3) is 0.235. The minimum Gasteiger partial charge on any atom is -0.330 e. The zero-order chi connectivity index (χ0) is 15.2. The number of nitrogens with one attached hydrogen (secondary N) is 1. The molecule has 1 heterocycles. The summed E-state index contributed by atoms with van der Waals surface area (Å²) < 4.78 is 3.83. The number of imidazole rings is 1. The van der Waals surface area contributed by atoms with Gasteiger partial charge in [-0.25, -0.2) is 0 Å². The molecule has 0 amide bonds. The van der Waals surface area contributed by atoms with E-state index in [0.29, 0.717) is 4.77 Å². The zero-order valence-electron chi connectivity index (χ0n) is 12.3. The van der Waals surface area contributed by atoms with Crippen LogP contribution in [-0.2, 0) is 5.41 Å². The van der Waals surface area contributed by atoms with Crippen LogP contribution >= 0.6 is 28.1 Å². The standard InChI is InChI=1S/C17H17BrN2S/c1-17(2,3)11-4-7-13(8-5-11)20-15-10-12(18)6-9-14(15)19-16(20)21/h4-10H,1-3H3,(H,19,21). The van der Waals surface area contributed by atoms with Crippen molar-refractivity contribution in [3.63, 3.8) is 0 Å². The van der Waals surface area contributed by atoms with Gasteiger partial charge in [-0.15, -0.1) is 0 Å². The highest BCUT2D eigenvalue weighted by atomic mass is 79.9. The highest BCUT2D eigenvalue weighted by Crippen LogP contribution is 2.26. The van der Waals surface area contributed by atoms with Crippen LogP contribution in [0.15, 0.2) is 46.9 Å². The fourth-order valence-electron chi connectivity index (χ4n) is 2.44. The van der Waals surface area contributed by atoms with Crippen molar-refractivity contribution in [3.05, 3.63) is 57.3 Å². The first-order valence-electron chi connectivity index (χ1n) is 6.87. The molecule has 108 valence electrons. The van der Waals surface area contributed by atoms with Gasteiger partial charge in [0.15, 0.2) is 4.77 Å². The Morgan fingerprint density at radius 1 is 1.05 bits per heavy atom. The summed E-state index contributed by atoms with van der Waals surface area (Å²) in [6, 6.07) is 14.7. The van der Waals surface area contributed by atoms with Crippen molar-refractivity contribution >= 4 is 39.2 Å². The number of halogens is 1. The number of fused-ring (bicyclic) bond motifs is 1. The molecule has 0 bridgehead atoms. The van der Waals surface area contributed by atoms with Gasteiger partial charge in [-0.05, 0) is 53.5 Å². The Morgan fingerprint density at radius 2 is 1.71 bits per heavy atom. The minimum atomic E-state index is 0.156.